The van der Waals surface area contributed by atoms with Crippen LogP contribution in [-0.4, -0.2) is 50.9 Å². The molecule has 47 heavy (non-hydrogen) atoms. The number of sulfonamides is 1. The fourth-order valence-electron chi connectivity index (χ4n) is 4.96. The molecule has 0 saturated heterocycles. The van der Waals surface area contributed by atoms with Crippen molar-refractivity contribution in [1.29, 1.82) is 0 Å². The molecule has 0 unspecified atom stereocenters. The largest absolute Gasteiger partial charge is 0.497 e. The van der Waals surface area contributed by atoms with E-state index in [1.165, 1.54) is 24.1 Å². The summed E-state index contributed by atoms with van der Waals surface area (Å²) in [6, 6.07) is 26.1. The van der Waals surface area contributed by atoms with Gasteiger partial charge in [0.05, 0.1) is 27.7 Å². The predicted octanol–water partition coefficient (Wildman–Crippen LogP) is 7.06. The highest BCUT2D eigenvalue weighted by Crippen LogP contribution is 2.29. The lowest BCUT2D eigenvalue weighted by Gasteiger charge is -2.34. The molecule has 0 radical (unpaired) electrons. The van der Waals surface area contributed by atoms with Gasteiger partial charge in [0.25, 0.3) is 10.0 Å². The molecule has 2 atom stereocenters. The van der Waals surface area contributed by atoms with E-state index in [4.69, 9.17) is 27.9 Å². The summed E-state index contributed by atoms with van der Waals surface area (Å²) in [7, 11) is -2.77. The van der Waals surface area contributed by atoms with Crippen molar-refractivity contribution in [3.63, 3.8) is 0 Å². The number of anilines is 1. The number of carbonyl (C=O) groups excluding carboxylic acids is 2. The van der Waals surface area contributed by atoms with E-state index in [0.717, 1.165) is 15.4 Å². The van der Waals surface area contributed by atoms with E-state index in [1.54, 1.807) is 54.6 Å². The number of aryl methyl sites for hydroxylation is 1. The van der Waals surface area contributed by atoms with Gasteiger partial charge in [-0.05, 0) is 67.8 Å². The Labute approximate surface area is 287 Å². The third kappa shape index (κ3) is 9.28. The summed E-state index contributed by atoms with van der Waals surface area (Å²) >= 11 is 12.5. The van der Waals surface area contributed by atoms with Gasteiger partial charge in [0.1, 0.15) is 18.3 Å². The van der Waals surface area contributed by atoms with Crippen LogP contribution in [-0.2, 0) is 32.6 Å². The second kappa shape index (κ2) is 16.2. The molecule has 0 aromatic heterocycles. The van der Waals surface area contributed by atoms with Crippen LogP contribution in [0.5, 0.6) is 5.75 Å². The number of hydrogen-bond acceptors (Lipinski definition) is 5. The van der Waals surface area contributed by atoms with Crippen LogP contribution in [0.3, 0.4) is 0 Å². The number of rotatable bonds is 14. The van der Waals surface area contributed by atoms with E-state index in [2.05, 4.69) is 5.32 Å². The van der Waals surface area contributed by atoms with Crippen molar-refractivity contribution in [2.24, 2.45) is 0 Å². The second-order valence-electron chi connectivity index (χ2n) is 11.3. The molecule has 0 aliphatic carbocycles. The highest BCUT2D eigenvalue weighted by Gasteiger charge is 2.35. The molecule has 1 N–H and O–H groups in total. The first-order valence-electron chi connectivity index (χ1n) is 15.2. The van der Waals surface area contributed by atoms with E-state index in [0.29, 0.717) is 27.8 Å². The maximum atomic E-state index is 14.6. The van der Waals surface area contributed by atoms with Gasteiger partial charge in [0.2, 0.25) is 11.8 Å². The number of ether oxygens (including phenoxy) is 1. The number of nitrogens with one attached hydrogen (secondary N) is 1. The predicted molar refractivity (Wildman–Crippen MR) is 188 cm³/mol. The van der Waals surface area contributed by atoms with Crippen LogP contribution in [0.2, 0.25) is 10.0 Å². The van der Waals surface area contributed by atoms with Crippen LogP contribution in [0.1, 0.15) is 37.0 Å². The van der Waals surface area contributed by atoms with Gasteiger partial charge in [-0.25, -0.2) is 8.42 Å². The Morgan fingerprint density at radius 1 is 0.872 bits per heavy atom. The van der Waals surface area contributed by atoms with E-state index in [1.807, 2.05) is 51.1 Å². The number of carbonyl (C=O) groups is 2. The second-order valence-corrected chi connectivity index (χ2v) is 14.0. The van der Waals surface area contributed by atoms with Crippen molar-refractivity contribution < 1.29 is 22.7 Å². The smallest absolute Gasteiger partial charge is 0.264 e. The Morgan fingerprint density at radius 3 is 2.21 bits per heavy atom. The molecule has 0 aliphatic rings. The van der Waals surface area contributed by atoms with Gasteiger partial charge in [-0.3, -0.25) is 13.9 Å². The number of benzene rings is 4. The van der Waals surface area contributed by atoms with Gasteiger partial charge < -0.3 is 15.0 Å². The lowest BCUT2D eigenvalue weighted by atomic mass is 10.0. The number of amides is 2. The first-order valence-corrected chi connectivity index (χ1v) is 17.4. The normalized spacial score (nSPS) is 12.6. The molecule has 248 valence electrons. The van der Waals surface area contributed by atoms with Crippen LogP contribution >= 0.6 is 23.2 Å². The maximum Gasteiger partial charge on any atom is 0.264 e. The summed E-state index contributed by atoms with van der Waals surface area (Å²) in [6.45, 7) is 5.08. The number of hydrogen-bond donors (Lipinski definition) is 1. The summed E-state index contributed by atoms with van der Waals surface area (Å²) in [5.74, 6) is -0.526. The molecule has 0 bridgehead atoms. The molecule has 4 aromatic rings. The quantitative estimate of drug-likeness (QED) is 0.152. The van der Waals surface area contributed by atoms with Crippen molar-refractivity contribution in [3.05, 3.63) is 124 Å². The lowest BCUT2D eigenvalue weighted by molar-refractivity contribution is -0.140. The summed E-state index contributed by atoms with van der Waals surface area (Å²) in [5, 5.41) is 3.66. The number of halogens is 2. The Morgan fingerprint density at radius 2 is 1.57 bits per heavy atom. The highest BCUT2D eigenvalue weighted by molar-refractivity contribution is 7.92. The summed E-state index contributed by atoms with van der Waals surface area (Å²) in [6.07, 6.45) is 0.878. The maximum absolute atomic E-state index is 14.6. The summed E-state index contributed by atoms with van der Waals surface area (Å²) < 4.78 is 34.9. The van der Waals surface area contributed by atoms with Crippen molar-refractivity contribution >= 4 is 50.7 Å². The Kier molecular flexibility index (Phi) is 12.3. The minimum atomic E-state index is -4.25. The molecule has 4 rings (SSSR count). The van der Waals surface area contributed by atoms with E-state index in [-0.39, 0.29) is 35.5 Å². The molecule has 0 aliphatic heterocycles. The van der Waals surface area contributed by atoms with E-state index in [9.17, 15) is 18.0 Å². The molecular formula is C36H39Cl2N3O5S. The topological polar surface area (TPSA) is 96.0 Å². The van der Waals surface area contributed by atoms with Gasteiger partial charge in [-0.15, -0.1) is 0 Å². The molecular weight excluding hydrogens is 657 g/mol. The molecule has 0 saturated carbocycles. The fraction of sp³-hybridized carbons (Fsp3) is 0.278. The molecule has 4 aromatic carbocycles. The van der Waals surface area contributed by atoms with Crippen molar-refractivity contribution in [1.82, 2.24) is 10.2 Å². The third-order valence-corrected chi connectivity index (χ3v) is 10.4. The van der Waals surface area contributed by atoms with Crippen LogP contribution < -0.4 is 14.4 Å². The highest BCUT2D eigenvalue weighted by atomic mass is 35.5. The lowest BCUT2D eigenvalue weighted by Crippen LogP contribution is -2.54. The van der Waals surface area contributed by atoms with Crippen molar-refractivity contribution in [3.8, 4) is 5.75 Å². The zero-order valence-corrected chi connectivity index (χ0v) is 29.1. The molecule has 0 heterocycles. The summed E-state index contributed by atoms with van der Waals surface area (Å²) in [4.78, 5) is 30.0. The van der Waals surface area contributed by atoms with Gasteiger partial charge in [-0.1, -0.05) is 90.3 Å². The van der Waals surface area contributed by atoms with Gasteiger partial charge in [0, 0.05) is 25.1 Å². The zero-order valence-electron chi connectivity index (χ0n) is 26.8. The standard InChI is InChI=1S/C36H39Cl2N3O5S/c1-5-26(3)39-36(43)34(21-27-10-7-6-8-11-27)40(23-28-16-19-32(37)33(38)20-28)35(42)24-41(29-12-9-13-30(22-29)46-4)47(44,45)31-17-14-25(2)15-18-31/h6-20,22,26,34H,5,21,23-24H2,1-4H3,(H,39,43)/t26-,34-/m1/s1. The van der Waals surface area contributed by atoms with Gasteiger partial charge in [0.15, 0.2) is 0 Å². The first kappa shape index (κ1) is 35.8. The summed E-state index contributed by atoms with van der Waals surface area (Å²) in [5.41, 5.74) is 2.57. The monoisotopic (exact) mass is 695 g/mol. The van der Waals surface area contributed by atoms with Gasteiger partial charge >= 0.3 is 0 Å². The zero-order chi connectivity index (χ0) is 34.1. The average Bonchev–Trinajstić information content (AvgIpc) is 3.07. The number of nitrogens with zero attached hydrogens (tertiary/aromatic N) is 2. The molecule has 11 heteroatoms. The van der Waals surface area contributed by atoms with Crippen LogP contribution in [0, 0.1) is 6.92 Å². The van der Waals surface area contributed by atoms with Crippen molar-refractivity contribution in [2.75, 3.05) is 18.0 Å². The van der Waals surface area contributed by atoms with Crippen LogP contribution in [0.25, 0.3) is 0 Å². The molecule has 0 spiro atoms. The molecule has 0 fully saturated rings. The SMILES string of the molecule is CC[C@@H](C)NC(=O)[C@@H](Cc1ccccc1)N(Cc1ccc(Cl)c(Cl)c1)C(=O)CN(c1cccc(OC)c1)S(=O)(=O)c1ccc(C)cc1. The number of methoxy groups -OCH3 is 1. The Hall–Kier alpha value is -4.05. The van der Waals surface area contributed by atoms with E-state index >= 15 is 0 Å². The van der Waals surface area contributed by atoms with Crippen molar-refractivity contribution in [2.45, 2.75) is 57.1 Å². The first-order chi connectivity index (χ1) is 22.4. The Balaban J connectivity index is 1.83. The molecule has 8 nitrogen and oxygen atoms in total. The van der Waals surface area contributed by atoms with Crippen LogP contribution in [0.15, 0.2) is 102 Å². The molecule has 2 amide bonds. The van der Waals surface area contributed by atoms with E-state index < -0.39 is 28.5 Å². The van der Waals surface area contributed by atoms with Crippen LogP contribution in [0.4, 0.5) is 5.69 Å². The average molecular weight is 697 g/mol. The third-order valence-electron chi connectivity index (χ3n) is 7.84. The van der Waals surface area contributed by atoms with Gasteiger partial charge in [-0.2, -0.15) is 0 Å². The fourth-order valence-corrected chi connectivity index (χ4v) is 6.69. The minimum Gasteiger partial charge on any atom is -0.497 e. The Bertz CT molecular complexity index is 1790. The minimum absolute atomic E-state index is 0.0186.